The summed E-state index contributed by atoms with van der Waals surface area (Å²) in [6, 6.07) is 7.29. The molecule has 10 nitrogen and oxygen atoms in total. The van der Waals surface area contributed by atoms with Crippen molar-refractivity contribution in [2.75, 3.05) is 11.9 Å². The van der Waals surface area contributed by atoms with Crippen molar-refractivity contribution < 1.29 is 19.1 Å². The summed E-state index contributed by atoms with van der Waals surface area (Å²) in [6.45, 7) is 5.88. The highest BCUT2D eigenvalue weighted by molar-refractivity contribution is 6.03. The van der Waals surface area contributed by atoms with Gasteiger partial charge < -0.3 is 20.2 Å². The number of aryl methyl sites for hydroxylation is 2. The van der Waals surface area contributed by atoms with Gasteiger partial charge in [0.2, 0.25) is 11.8 Å². The van der Waals surface area contributed by atoms with Gasteiger partial charge in [0.05, 0.1) is 22.5 Å². The van der Waals surface area contributed by atoms with E-state index in [0.717, 1.165) is 41.9 Å². The second-order valence-electron chi connectivity index (χ2n) is 9.66. The SMILES string of the molecule is Cc1cc(-c2nc(C(=O)Nc3cc4cc(CCC5CCNC5=O)nn4cc3C(C)(C)O)co2)ccn1. The number of hydrogen-bond acceptors (Lipinski definition) is 7. The normalized spacial score (nSPS) is 15.9. The standard InChI is InChI=1S/C26H28N6O4/c1-15-10-17(7-8-27-15)25-30-22(14-36-25)24(34)29-21-12-19-11-18(5-4-16-6-9-28-23(16)33)31-32(19)13-20(21)26(2,3)35/h7-8,10-14,16,35H,4-6,9H2,1-3H3,(H,28,33)(H,29,34). The molecule has 5 rings (SSSR count). The molecular weight excluding hydrogens is 460 g/mol. The van der Waals surface area contributed by atoms with Crippen LogP contribution in [0.15, 0.2) is 47.3 Å². The van der Waals surface area contributed by atoms with Gasteiger partial charge in [0.1, 0.15) is 6.26 Å². The molecule has 10 heteroatoms. The monoisotopic (exact) mass is 488 g/mol. The average molecular weight is 489 g/mol. The second kappa shape index (κ2) is 9.19. The topological polar surface area (TPSA) is 135 Å². The fourth-order valence-corrected chi connectivity index (χ4v) is 4.42. The number of hydrogen-bond donors (Lipinski definition) is 3. The average Bonchev–Trinajstić information content (AvgIpc) is 3.56. The third-order valence-corrected chi connectivity index (χ3v) is 6.35. The lowest BCUT2D eigenvalue weighted by Gasteiger charge is -2.22. The zero-order valence-electron chi connectivity index (χ0n) is 20.4. The first kappa shape index (κ1) is 23.7. The molecule has 1 saturated heterocycles. The van der Waals surface area contributed by atoms with E-state index in [2.05, 4.69) is 25.7 Å². The number of fused-ring (bicyclic) bond motifs is 1. The molecule has 1 aliphatic rings. The van der Waals surface area contributed by atoms with E-state index in [4.69, 9.17) is 4.42 Å². The third-order valence-electron chi connectivity index (χ3n) is 6.35. The molecule has 2 amide bonds. The van der Waals surface area contributed by atoms with Gasteiger partial charge in [0.15, 0.2) is 5.69 Å². The van der Waals surface area contributed by atoms with Crippen molar-refractivity contribution in [2.45, 2.75) is 45.6 Å². The largest absolute Gasteiger partial charge is 0.444 e. The molecule has 4 aromatic heterocycles. The minimum absolute atomic E-state index is 0.0139. The van der Waals surface area contributed by atoms with Crippen molar-refractivity contribution in [3.05, 3.63) is 65.6 Å². The quantitative estimate of drug-likeness (QED) is 0.363. The molecule has 4 aromatic rings. The fourth-order valence-electron chi connectivity index (χ4n) is 4.42. The summed E-state index contributed by atoms with van der Waals surface area (Å²) in [6.07, 6.45) is 6.90. The van der Waals surface area contributed by atoms with E-state index < -0.39 is 11.5 Å². The van der Waals surface area contributed by atoms with E-state index in [9.17, 15) is 14.7 Å². The summed E-state index contributed by atoms with van der Waals surface area (Å²) in [4.78, 5) is 33.4. The highest BCUT2D eigenvalue weighted by atomic mass is 16.3. The summed E-state index contributed by atoms with van der Waals surface area (Å²) in [5, 5.41) is 21.1. The van der Waals surface area contributed by atoms with E-state index >= 15 is 0 Å². The van der Waals surface area contributed by atoms with Crippen LogP contribution in [0.4, 0.5) is 5.69 Å². The lowest BCUT2D eigenvalue weighted by molar-refractivity contribution is -0.122. The summed E-state index contributed by atoms with van der Waals surface area (Å²) >= 11 is 0. The van der Waals surface area contributed by atoms with Crippen LogP contribution in [0.1, 0.15) is 54.1 Å². The Morgan fingerprint density at radius 1 is 1.33 bits per heavy atom. The summed E-state index contributed by atoms with van der Waals surface area (Å²) < 4.78 is 7.21. The van der Waals surface area contributed by atoms with Crippen LogP contribution in [0.25, 0.3) is 17.0 Å². The Labute approximate surface area is 207 Å². The van der Waals surface area contributed by atoms with Gasteiger partial charge in [0, 0.05) is 41.7 Å². The Hall–Kier alpha value is -4.05. The summed E-state index contributed by atoms with van der Waals surface area (Å²) in [5.41, 5.74) is 2.96. The van der Waals surface area contributed by atoms with Crippen molar-refractivity contribution in [1.29, 1.82) is 0 Å². The van der Waals surface area contributed by atoms with E-state index in [-0.39, 0.29) is 17.5 Å². The number of oxazole rings is 1. The van der Waals surface area contributed by atoms with Crippen molar-refractivity contribution >= 4 is 23.0 Å². The zero-order valence-corrected chi connectivity index (χ0v) is 20.4. The number of aliphatic hydroxyl groups is 1. The van der Waals surface area contributed by atoms with E-state index in [0.29, 0.717) is 23.6 Å². The number of carbonyl (C=O) groups is 2. The van der Waals surface area contributed by atoms with Gasteiger partial charge in [-0.3, -0.25) is 14.6 Å². The predicted octanol–water partition coefficient (Wildman–Crippen LogP) is 3.24. The van der Waals surface area contributed by atoms with E-state index in [1.54, 1.807) is 42.9 Å². The van der Waals surface area contributed by atoms with Crippen molar-refractivity contribution in [2.24, 2.45) is 5.92 Å². The van der Waals surface area contributed by atoms with Gasteiger partial charge in [-0.2, -0.15) is 5.10 Å². The minimum atomic E-state index is -1.24. The van der Waals surface area contributed by atoms with Crippen LogP contribution < -0.4 is 10.6 Å². The van der Waals surface area contributed by atoms with Gasteiger partial charge in [-0.15, -0.1) is 0 Å². The minimum Gasteiger partial charge on any atom is -0.444 e. The zero-order chi connectivity index (χ0) is 25.4. The maximum absolute atomic E-state index is 13.0. The summed E-state index contributed by atoms with van der Waals surface area (Å²) in [7, 11) is 0. The number of amides is 2. The number of nitrogens with one attached hydrogen (secondary N) is 2. The lowest BCUT2D eigenvalue weighted by atomic mass is 9.98. The van der Waals surface area contributed by atoms with Crippen molar-refractivity contribution in [1.82, 2.24) is 24.9 Å². The van der Waals surface area contributed by atoms with E-state index in [1.807, 2.05) is 19.1 Å². The fraction of sp³-hybridized carbons (Fsp3) is 0.346. The van der Waals surface area contributed by atoms with Gasteiger partial charge in [-0.05, 0) is 64.3 Å². The molecular formula is C26H28N6O4. The Kier molecular flexibility index (Phi) is 6.05. The van der Waals surface area contributed by atoms with Crippen LogP contribution in [0.5, 0.6) is 0 Å². The van der Waals surface area contributed by atoms with Crippen molar-refractivity contribution in [3.63, 3.8) is 0 Å². The predicted molar refractivity (Wildman–Crippen MR) is 132 cm³/mol. The molecule has 1 atom stereocenters. The molecule has 1 aliphatic heterocycles. The van der Waals surface area contributed by atoms with Gasteiger partial charge >= 0.3 is 0 Å². The Balaban J connectivity index is 1.39. The third kappa shape index (κ3) is 4.85. The van der Waals surface area contributed by atoms with Crippen LogP contribution in [0.2, 0.25) is 0 Å². The molecule has 36 heavy (non-hydrogen) atoms. The molecule has 5 heterocycles. The molecule has 3 N–H and O–H groups in total. The first-order valence-corrected chi connectivity index (χ1v) is 11.9. The molecule has 1 fully saturated rings. The number of rotatable bonds is 7. The second-order valence-corrected chi connectivity index (χ2v) is 9.66. The maximum Gasteiger partial charge on any atom is 0.277 e. The first-order chi connectivity index (χ1) is 17.2. The van der Waals surface area contributed by atoms with E-state index in [1.165, 1.54) is 6.26 Å². The van der Waals surface area contributed by atoms with Crippen molar-refractivity contribution in [3.8, 4) is 11.5 Å². The number of anilines is 1. The Bertz CT molecular complexity index is 1450. The number of carbonyl (C=O) groups excluding carboxylic acids is 2. The first-order valence-electron chi connectivity index (χ1n) is 11.9. The van der Waals surface area contributed by atoms with Crippen LogP contribution >= 0.6 is 0 Å². The van der Waals surface area contributed by atoms with Crippen LogP contribution in [-0.2, 0) is 16.8 Å². The molecule has 0 radical (unpaired) electrons. The molecule has 0 spiro atoms. The molecule has 0 aliphatic carbocycles. The lowest BCUT2D eigenvalue weighted by Crippen LogP contribution is -2.22. The molecule has 0 aromatic carbocycles. The van der Waals surface area contributed by atoms with Gasteiger partial charge in [0.25, 0.3) is 5.91 Å². The Morgan fingerprint density at radius 3 is 2.89 bits per heavy atom. The molecule has 0 bridgehead atoms. The smallest absolute Gasteiger partial charge is 0.277 e. The van der Waals surface area contributed by atoms with Crippen LogP contribution in [0.3, 0.4) is 0 Å². The number of aromatic nitrogens is 4. The summed E-state index contributed by atoms with van der Waals surface area (Å²) in [5.74, 6) is -0.0269. The maximum atomic E-state index is 13.0. The molecule has 186 valence electrons. The van der Waals surface area contributed by atoms with Crippen LogP contribution in [0, 0.1) is 12.8 Å². The van der Waals surface area contributed by atoms with Crippen LogP contribution in [-0.4, -0.2) is 43.0 Å². The number of nitrogens with zero attached hydrogens (tertiary/aromatic N) is 4. The molecule has 0 saturated carbocycles. The highest BCUT2D eigenvalue weighted by Crippen LogP contribution is 2.30. The van der Waals surface area contributed by atoms with Gasteiger partial charge in [-0.25, -0.2) is 9.50 Å². The number of pyridine rings is 2. The highest BCUT2D eigenvalue weighted by Gasteiger charge is 2.26. The van der Waals surface area contributed by atoms with Gasteiger partial charge in [-0.1, -0.05) is 0 Å². The Morgan fingerprint density at radius 2 is 2.17 bits per heavy atom. The molecule has 1 unspecified atom stereocenters.